The van der Waals surface area contributed by atoms with E-state index in [4.69, 9.17) is 0 Å². The molecule has 1 aliphatic carbocycles. The number of aliphatic hydroxyl groups excluding tert-OH is 1. The first kappa shape index (κ1) is 17.9. The Balaban J connectivity index is 2.37. The van der Waals surface area contributed by atoms with Gasteiger partial charge in [0.2, 0.25) is 0 Å². The molecule has 1 unspecified atom stereocenters. The summed E-state index contributed by atoms with van der Waals surface area (Å²) in [4.78, 5) is 2.66. The average Bonchev–Trinajstić information content (AvgIpc) is 3.01. The Hall–Kier alpha value is -0.120. The molecule has 0 saturated heterocycles. The van der Waals surface area contributed by atoms with E-state index in [2.05, 4.69) is 31.0 Å². The molecule has 0 aromatic heterocycles. The molecule has 120 valence electrons. The van der Waals surface area contributed by atoms with Crippen molar-refractivity contribution in [2.45, 2.75) is 83.7 Å². The van der Waals surface area contributed by atoms with Gasteiger partial charge in [-0.3, -0.25) is 0 Å². The third kappa shape index (κ3) is 5.34. The third-order valence-corrected chi connectivity index (χ3v) is 5.08. The highest BCUT2D eigenvalue weighted by molar-refractivity contribution is 4.86. The van der Waals surface area contributed by atoms with Crippen molar-refractivity contribution in [3.05, 3.63) is 0 Å². The summed E-state index contributed by atoms with van der Waals surface area (Å²) in [6.45, 7) is 10.3. The van der Waals surface area contributed by atoms with E-state index in [9.17, 15) is 5.11 Å². The molecule has 0 spiro atoms. The summed E-state index contributed by atoms with van der Waals surface area (Å²) in [5.74, 6) is 0. The second kappa shape index (κ2) is 9.75. The predicted octanol–water partition coefficient (Wildman–Crippen LogP) is 3.17. The largest absolute Gasteiger partial charge is 0.394 e. The molecule has 0 heterocycles. The summed E-state index contributed by atoms with van der Waals surface area (Å²) in [5.41, 5.74) is -0.0505. The molecule has 3 nitrogen and oxygen atoms in total. The highest BCUT2D eigenvalue weighted by Crippen LogP contribution is 2.24. The Morgan fingerprint density at radius 3 is 2.40 bits per heavy atom. The predicted molar refractivity (Wildman–Crippen MR) is 87.1 cm³/mol. The summed E-state index contributed by atoms with van der Waals surface area (Å²) in [6.07, 6.45) is 10.0. The van der Waals surface area contributed by atoms with Crippen LogP contribution in [0.5, 0.6) is 0 Å². The maximum absolute atomic E-state index is 9.76. The maximum Gasteiger partial charge on any atom is 0.0613 e. The van der Waals surface area contributed by atoms with Crippen LogP contribution in [-0.4, -0.2) is 47.8 Å². The topological polar surface area (TPSA) is 35.5 Å². The van der Waals surface area contributed by atoms with Crippen molar-refractivity contribution in [3.63, 3.8) is 0 Å². The molecular weight excluding hydrogens is 248 g/mol. The van der Waals surface area contributed by atoms with E-state index in [0.29, 0.717) is 0 Å². The summed E-state index contributed by atoms with van der Waals surface area (Å²) in [6, 6.07) is 0.828. The Morgan fingerprint density at radius 1 is 1.20 bits per heavy atom. The molecule has 0 aromatic carbocycles. The number of aliphatic hydroxyl groups is 1. The van der Waals surface area contributed by atoms with E-state index in [1.54, 1.807) is 0 Å². The van der Waals surface area contributed by atoms with Gasteiger partial charge in [-0.2, -0.15) is 0 Å². The number of rotatable bonds is 11. The molecule has 1 saturated carbocycles. The van der Waals surface area contributed by atoms with Crippen LogP contribution >= 0.6 is 0 Å². The monoisotopic (exact) mass is 284 g/mol. The van der Waals surface area contributed by atoms with Crippen LogP contribution in [0.4, 0.5) is 0 Å². The minimum Gasteiger partial charge on any atom is -0.394 e. The lowest BCUT2D eigenvalue weighted by Gasteiger charge is -2.34. The summed E-state index contributed by atoms with van der Waals surface area (Å²) in [5, 5.41) is 13.3. The quantitative estimate of drug-likeness (QED) is 0.612. The lowest BCUT2D eigenvalue weighted by molar-refractivity contribution is 0.133. The minimum absolute atomic E-state index is 0.0505. The van der Waals surface area contributed by atoms with Crippen molar-refractivity contribution >= 4 is 0 Å². The molecule has 1 aliphatic rings. The Morgan fingerprint density at radius 2 is 1.90 bits per heavy atom. The minimum atomic E-state index is -0.0505. The van der Waals surface area contributed by atoms with Crippen LogP contribution in [0.15, 0.2) is 0 Å². The summed E-state index contributed by atoms with van der Waals surface area (Å²) < 4.78 is 0. The van der Waals surface area contributed by atoms with Crippen LogP contribution in [0.2, 0.25) is 0 Å². The van der Waals surface area contributed by atoms with Crippen LogP contribution in [0.1, 0.15) is 72.1 Å². The maximum atomic E-state index is 9.76. The average molecular weight is 284 g/mol. The van der Waals surface area contributed by atoms with Crippen molar-refractivity contribution in [1.82, 2.24) is 10.2 Å². The number of nitrogens with zero attached hydrogens (tertiary/aromatic N) is 1. The molecule has 20 heavy (non-hydrogen) atoms. The highest BCUT2D eigenvalue weighted by Gasteiger charge is 2.27. The molecule has 1 atom stereocenters. The fourth-order valence-corrected chi connectivity index (χ4v) is 3.52. The first-order valence-electron chi connectivity index (χ1n) is 8.81. The van der Waals surface area contributed by atoms with Gasteiger partial charge in [-0.15, -0.1) is 0 Å². The van der Waals surface area contributed by atoms with Crippen LogP contribution in [0, 0.1) is 0 Å². The van der Waals surface area contributed by atoms with E-state index >= 15 is 0 Å². The zero-order valence-corrected chi connectivity index (χ0v) is 14.0. The zero-order valence-electron chi connectivity index (χ0n) is 14.0. The Kier molecular flexibility index (Phi) is 8.74. The van der Waals surface area contributed by atoms with E-state index in [1.807, 2.05) is 0 Å². The normalized spacial score (nSPS) is 19.6. The second-order valence-electron chi connectivity index (χ2n) is 6.39. The van der Waals surface area contributed by atoms with Crippen molar-refractivity contribution in [1.29, 1.82) is 0 Å². The standard InChI is InChI=1S/C17H36N2O/c1-4-13-18-17(5-2,15-20)12-9-14-19(6-3)16-10-7-8-11-16/h16,18,20H,4-15H2,1-3H3. The molecule has 0 amide bonds. The summed E-state index contributed by atoms with van der Waals surface area (Å²) in [7, 11) is 0. The van der Waals surface area contributed by atoms with Crippen molar-refractivity contribution < 1.29 is 5.11 Å². The SMILES string of the molecule is CCCNC(CC)(CO)CCCN(CC)C1CCCC1. The second-order valence-corrected chi connectivity index (χ2v) is 6.39. The summed E-state index contributed by atoms with van der Waals surface area (Å²) >= 11 is 0. The molecular formula is C17H36N2O. The van der Waals surface area contributed by atoms with Gasteiger partial charge in [-0.05, 0) is 58.2 Å². The van der Waals surface area contributed by atoms with Gasteiger partial charge in [-0.25, -0.2) is 0 Å². The van der Waals surface area contributed by atoms with Crippen molar-refractivity contribution in [3.8, 4) is 0 Å². The van der Waals surface area contributed by atoms with Gasteiger partial charge < -0.3 is 15.3 Å². The highest BCUT2D eigenvalue weighted by atomic mass is 16.3. The van der Waals surface area contributed by atoms with Crippen LogP contribution in [-0.2, 0) is 0 Å². The van der Waals surface area contributed by atoms with Gasteiger partial charge in [0, 0.05) is 11.6 Å². The lowest BCUT2D eigenvalue weighted by atomic mass is 9.90. The van der Waals surface area contributed by atoms with Crippen LogP contribution in [0.25, 0.3) is 0 Å². The number of nitrogens with one attached hydrogen (secondary N) is 1. The van der Waals surface area contributed by atoms with Gasteiger partial charge in [-0.1, -0.05) is 33.6 Å². The molecule has 2 N–H and O–H groups in total. The van der Waals surface area contributed by atoms with E-state index < -0.39 is 0 Å². The lowest BCUT2D eigenvalue weighted by Crippen LogP contribution is -2.49. The van der Waals surface area contributed by atoms with E-state index in [0.717, 1.165) is 31.8 Å². The molecule has 0 aromatic rings. The molecule has 0 aliphatic heterocycles. The fourth-order valence-electron chi connectivity index (χ4n) is 3.52. The molecule has 1 fully saturated rings. The van der Waals surface area contributed by atoms with Crippen LogP contribution in [0.3, 0.4) is 0 Å². The first-order valence-corrected chi connectivity index (χ1v) is 8.81. The van der Waals surface area contributed by atoms with Gasteiger partial charge in [0.1, 0.15) is 0 Å². The van der Waals surface area contributed by atoms with Crippen LogP contribution < -0.4 is 5.32 Å². The number of hydrogen-bond acceptors (Lipinski definition) is 3. The zero-order chi connectivity index (χ0) is 14.8. The van der Waals surface area contributed by atoms with Gasteiger partial charge in [0.05, 0.1) is 6.61 Å². The van der Waals surface area contributed by atoms with E-state index in [-0.39, 0.29) is 12.1 Å². The van der Waals surface area contributed by atoms with Gasteiger partial charge in [0.15, 0.2) is 0 Å². The van der Waals surface area contributed by atoms with Gasteiger partial charge >= 0.3 is 0 Å². The molecule has 1 rings (SSSR count). The molecule has 0 radical (unpaired) electrons. The smallest absolute Gasteiger partial charge is 0.0613 e. The van der Waals surface area contributed by atoms with Gasteiger partial charge in [0.25, 0.3) is 0 Å². The molecule has 0 bridgehead atoms. The Bertz CT molecular complexity index is 235. The van der Waals surface area contributed by atoms with Crippen molar-refractivity contribution in [2.75, 3.05) is 26.2 Å². The first-order chi connectivity index (χ1) is 9.71. The number of hydrogen-bond donors (Lipinski definition) is 2. The van der Waals surface area contributed by atoms with Crippen molar-refractivity contribution in [2.24, 2.45) is 0 Å². The van der Waals surface area contributed by atoms with E-state index in [1.165, 1.54) is 45.2 Å². The Labute approximate surface area is 126 Å². The third-order valence-electron chi connectivity index (χ3n) is 5.08. The fraction of sp³-hybridized carbons (Fsp3) is 1.00. The molecule has 3 heteroatoms.